The van der Waals surface area contributed by atoms with Crippen LogP contribution >= 0.6 is 0 Å². The molecular weight excluding hydrogens is 238 g/mol. The van der Waals surface area contributed by atoms with Crippen LogP contribution in [0.3, 0.4) is 0 Å². The van der Waals surface area contributed by atoms with Gasteiger partial charge in [0.05, 0.1) is 6.42 Å². The van der Waals surface area contributed by atoms with Gasteiger partial charge in [-0.3, -0.25) is 4.79 Å². The lowest BCUT2D eigenvalue weighted by molar-refractivity contribution is -0.138. The van der Waals surface area contributed by atoms with Crippen LogP contribution < -0.4 is 0 Å². The molecule has 0 amide bonds. The Morgan fingerprint density at radius 2 is 1.58 bits per heavy atom. The first-order valence-electron chi connectivity index (χ1n) is 6.84. The number of likely N-dealkylation sites (N-methyl/N-ethyl adjacent to an activating group) is 1. The van der Waals surface area contributed by atoms with E-state index in [0.29, 0.717) is 5.92 Å². The quantitative estimate of drug-likeness (QED) is 0.822. The van der Waals surface area contributed by atoms with Crippen molar-refractivity contribution in [3.05, 3.63) is 35.4 Å². The summed E-state index contributed by atoms with van der Waals surface area (Å²) in [6.07, 6.45) is 2.05. The van der Waals surface area contributed by atoms with Crippen LogP contribution in [0.25, 0.3) is 0 Å². The lowest BCUT2D eigenvalue weighted by Gasteiger charge is -2.22. The maximum atomic E-state index is 10.9. The van der Waals surface area contributed by atoms with Gasteiger partial charge in [0.1, 0.15) is 0 Å². The van der Waals surface area contributed by atoms with Crippen molar-refractivity contribution in [3.8, 4) is 0 Å². The molecule has 0 aliphatic rings. The van der Waals surface area contributed by atoms with E-state index in [2.05, 4.69) is 38.1 Å². The van der Waals surface area contributed by atoms with E-state index in [4.69, 9.17) is 5.11 Å². The van der Waals surface area contributed by atoms with E-state index in [-0.39, 0.29) is 12.5 Å². The van der Waals surface area contributed by atoms with E-state index in [1.54, 1.807) is 0 Å². The molecule has 0 spiro atoms. The topological polar surface area (TPSA) is 40.5 Å². The van der Waals surface area contributed by atoms with Gasteiger partial charge in [-0.15, -0.1) is 0 Å². The standard InChI is InChI=1S/C16H25NO2/c1-12(2)9-13-5-7-14(8-6-13)10-15(17(3)4)11-16(18)19/h5-8,12,15H,9-11H2,1-4H3,(H,18,19). The summed E-state index contributed by atoms with van der Waals surface area (Å²) in [6, 6.07) is 8.60. The molecule has 0 bridgehead atoms. The second-order valence-corrected chi connectivity index (χ2v) is 5.83. The van der Waals surface area contributed by atoms with Gasteiger partial charge in [-0.25, -0.2) is 0 Å². The summed E-state index contributed by atoms with van der Waals surface area (Å²) in [5.41, 5.74) is 2.55. The third-order valence-corrected chi connectivity index (χ3v) is 3.28. The fourth-order valence-electron chi connectivity index (χ4n) is 2.19. The molecule has 106 valence electrons. The van der Waals surface area contributed by atoms with Crippen molar-refractivity contribution < 1.29 is 9.90 Å². The number of carboxylic acid groups (broad SMARTS) is 1. The molecule has 1 N–H and O–H groups in total. The largest absolute Gasteiger partial charge is 0.481 e. The van der Waals surface area contributed by atoms with Crippen LogP contribution in [-0.2, 0) is 17.6 Å². The zero-order valence-electron chi connectivity index (χ0n) is 12.4. The van der Waals surface area contributed by atoms with Crippen molar-refractivity contribution >= 4 is 5.97 Å². The van der Waals surface area contributed by atoms with E-state index in [0.717, 1.165) is 12.8 Å². The number of carbonyl (C=O) groups is 1. The fourth-order valence-corrected chi connectivity index (χ4v) is 2.19. The van der Waals surface area contributed by atoms with E-state index < -0.39 is 5.97 Å². The van der Waals surface area contributed by atoms with Crippen LogP contribution in [0, 0.1) is 5.92 Å². The van der Waals surface area contributed by atoms with Crippen LogP contribution in [0.5, 0.6) is 0 Å². The van der Waals surface area contributed by atoms with E-state index >= 15 is 0 Å². The smallest absolute Gasteiger partial charge is 0.304 e. The third kappa shape index (κ3) is 5.88. The Bertz CT molecular complexity index is 396. The minimum absolute atomic E-state index is 0.0495. The third-order valence-electron chi connectivity index (χ3n) is 3.28. The Balaban J connectivity index is 2.66. The number of nitrogens with zero attached hydrogens (tertiary/aromatic N) is 1. The summed E-state index contributed by atoms with van der Waals surface area (Å²) in [7, 11) is 3.86. The first-order valence-corrected chi connectivity index (χ1v) is 6.84. The molecule has 1 atom stereocenters. The van der Waals surface area contributed by atoms with Crippen LogP contribution in [0.2, 0.25) is 0 Å². The molecule has 0 aliphatic carbocycles. The first kappa shape index (κ1) is 15.7. The zero-order chi connectivity index (χ0) is 14.4. The highest BCUT2D eigenvalue weighted by molar-refractivity contribution is 5.67. The van der Waals surface area contributed by atoms with Crippen molar-refractivity contribution in [2.45, 2.75) is 39.2 Å². The molecule has 3 nitrogen and oxygen atoms in total. The summed E-state index contributed by atoms with van der Waals surface area (Å²) < 4.78 is 0. The molecule has 19 heavy (non-hydrogen) atoms. The lowest BCUT2D eigenvalue weighted by Crippen LogP contribution is -2.32. The van der Waals surface area contributed by atoms with Gasteiger partial charge in [0.2, 0.25) is 0 Å². The molecule has 0 aromatic heterocycles. The summed E-state index contributed by atoms with van der Waals surface area (Å²) >= 11 is 0. The molecule has 3 heteroatoms. The van der Waals surface area contributed by atoms with Crippen molar-refractivity contribution in [1.29, 1.82) is 0 Å². The van der Waals surface area contributed by atoms with E-state index in [1.807, 2.05) is 19.0 Å². The Hall–Kier alpha value is -1.35. The Morgan fingerprint density at radius 1 is 1.11 bits per heavy atom. The maximum Gasteiger partial charge on any atom is 0.304 e. The maximum absolute atomic E-state index is 10.9. The molecule has 0 radical (unpaired) electrons. The van der Waals surface area contributed by atoms with Crippen LogP contribution in [-0.4, -0.2) is 36.1 Å². The highest BCUT2D eigenvalue weighted by atomic mass is 16.4. The van der Waals surface area contributed by atoms with Crippen molar-refractivity contribution in [2.75, 3.05) is 14.1 Å². The molecule has 0 heterocycles. The number of rotatable bonds is 7. The number of benzene rings is 1. The normalized spacial score (nSPS) is 12.9. The van der Waals surface area contributed by atoms with Gasteiger partial charge in [-0.05, 0) is 44.0 Å². The van der Waals surface area contributed by atoms with Crippen LogP contribution in [0.15, 0.2) is 24.3 Å². The van der Waals surface area contributed by atoms with Gasteiger partial charge in [0.15, 0.2) is 0 Å². The molecular formula is C16H25NO2. The summed E-state index contributed by atoms with van der Waals surface area (Å²) in [5, 5.41) is 8.93. The molecule has 1 unspecified atom stereocenters. The predicted molar refractivity (Wildman–Crippen MR) is 78.4 cm³/mol. The first-order chi connectivity index (χ1) is 8.88. The average Bonchev–Trinajstić information content (AvgIpc) is 2.29. The Kier molecular flexibility index (Phi) is 6.03. The predicted octanol–water partition coefficient (Wildman–Crippen LogP) is 2.83. The monoisotopic (exact) mass is 263 g/mol. The van der Waals surface area contributed by atoms with Crippen LogP contribution in [0.4, 0.5) is 0 Å². The molecule has 0 fully saturated rings. The van der Waals surface area contributed by atoms with Gasteiger partial charge in [-0.1, -0.05) is 38.1 Å². The van der Waals surface area contributed by atoms with E-state index in [1.165, 1.54) is 11.1 Å². The minimum atomic E-state index is -0.741. The van der Waals surface area contributed by atoms with Gasteiger partial charge in [-0.2, -0.15) is 0 Å². The Labute approximate surface area is 116 Å². The second kappa shape index (κ2) is 7.29. The van der Waals surface area contributed by atoms with Gasteiger partial charge < -0.3 is 10.0 Å². The number of hydrogen-bond acceptors (Lipinski definition) is 2. The molecule has 0 aliphatic heterocycles. The van der Waals surface area contributed by atoms with Gasteiger partial charge in [0.25, 0.3) is 0 Å². The molecule has 1 aromatic rings. The number of aliphatic carboxylic acids is 1. The van der Waals surface area contributed by atoms with Crippen LogP contribution in [0.1, 0.15) is 31.4 Å². The van der Waals surface area contributed by atoms with Crippen molar-refractivity contribution in [2.24, 2.45) is 5.92 Å². The SMILES string of the molecule is CC(C)Cc1ccc(CC(CC(=O)O)N(C)C)cc1. The molecule has 1 aromatic carbocycles. The zero-order valence-corrected chi connectivity index (χ0v) is 12.4. The second-order valence-electron chi connectivity index (χ2n) is 5.83. The minimum Gasteiger partial charge on any atom is -0.481 e. The average molecular weight is 263 g/mol. The van der Waals surface area contributed by atoms with E-state index in [9.17, 15) is 4.79 Å². The Morgan fingerprint density at radius 3 is 1.95 bits per heavy atom. The highest BCUT2D eigenvalue weighted by Crippen LogP contribution is 2.13. The fraction of sp³-hybridized carbons (Fsp3) is 0.562. The highest BCUT2D eigenvalue weighted by Gasteiger charge is 2.16. The number of hydrogen-bond donors (Lipinski definition) is 1. The van der Waals surface area contributed by atoms with Gasteiger partial charge in [0, 0.05) is 6.04 Å². The van der Waals surface area contributed by atoms with Crippen molar-refractivity contribution in [1.82, 2.24) is 4.90 Å². The molecule has 0 saturated heterocycles. The molecule has 0 saturated carbocycles. The lowest BCUT2D eigenvalue weighted by atomic mass is 9.98. The summed E-state index contributed by atoms with van der Waals surface area (Å²) in [4.78, 5) is 12.8. The number of carboxylic acids is 1. The van der Waals surface area contributed by atoms with Gasteiger partial charge >= 0.3 is 5.97 Å². The molecule has 1 rings (SSSR count). The summed E-state index contributed by atoms with van der Waals surface area (Å²) in [6.45, 7) is 4.42. The summed E-state index contributed by atoms with van der Waals surface area (Å²) in [5.74, 6) is -0.0810. The van der Waals surface area contributed by atoms with Crippen molar-refractivity contribution in [3.63, 3.8) is 0 Å².